The average Bonchev–Trinajstić information content (AvgIpc) is 3.06. The molecular formula is C13H11N3OS2. The van der Waals surface area contributed by atoms with Gasteiger partial charge in [-0.15, -0.1) is 10.2 Å². The van der Waals surface area contributed by atoms with Crippen molar-refractivity contribution in [3.05, 3.63) is 47.4 Å². The molecule has 0 N–H and O–H groups in total. The lowest BCUT2D eigenvalue weighted by Gasteiger charge is -1.94. The molecule has 6 heteroatoms. The summed E-state index contributed by atoms with van der Waals surface area (Å²) in [5.74, 6) is 2.17. The van der Waals surface area contributed by atoms with Crippen molar-refractivity contribution in [2.45, 2.75) is 17.0 Å². The molecule has 0 spiro atoms. The summed E-state index contributed by atoms with van der Waals surface area (Å²) < 4.78 is 6.66. The van der Waals surface area contributed by atoms with Crippen LogP contribution in [0.25, 0.3) is 11.3 Å². The Hall–Kier alpha value is -1.66. The van der Waals surface area contributed by atoms with E-state index >= 15 is 0 Å². The Morgan fingerprint density at radius 3 is 2.79 bits per heavy atom. The smallest absolute Gasteiger partial charge is 0.205 e. The molecule has 0 radical (unpaired) electrons. The predicted octanol–water partition coefficient (Wildman–Crippen LogP) is 3.79. The Kier molecular flexibility index (Phi) is 3.61. The topological polar surface area (TPSA) is 51.8 Å². The molecule has 96 valence electrons. The fourth-order valence-corrected chi connectivity index (χ4v) is 3.24. The van der Waals surface area contributed by atoms with E-state index in [-0.39, 0.29) is 0 Å². The van der Waals surface area contributed by atoms with Crippen molar-refractivity contribution < 1.29 is 4.42 Å². The van der Waals surface area contributed by atoms with Gasteiger partial charge in [-0.2, -0.15) is 0 Å². The third-order valence-corrected chi connectivity index (χ3v) is 4.40. The zero-order chi connectivity index (χ0) is 13.1. The van der Waals surface area contributed by atoms with Crippen molar-refractivity contribution >= 4 is 23.1 Å². The zero-order valence-corrected chi connectivity index (χ0v) is 11.9. The summed E-state index contributed by atoms with van der Waals surface area (Å²) in [6.45, 7) is 1.94. The number of aryl methyl sites for hydroxylation is 1. The van der Waals surface area contributed by atoms with E-state index in [9.17, 15) is 0 Å². The maximum absolute atomic E-state index is 5.72. The Morgan fingerprint density at radius 2 is 2.05 bits per heavy atom. The fourth-order valence-electron chi connectivity index (χ4n) is 1.57. The lowest BCUT2D eigenvalue weighted by Crippen LogP contribution is -1.78. The molecule has 0 amide bonds. The molecule has 0 aliphatic carbocycles. The highest BCUT2D eigenvalue weighted by Crippen LogP contribution is 2.27. The van der Waals surface area contributed by atoms with Gasteiger partial charge < -0.3 is 4.42 Å². The van der Waals surface area contributed by atoms with Gasteiger partial charge in [0.15, 0.2) is 10.1 Å². The van der Waals surface area contributed by atoms with Crippen molar-refractivity contribution in [1.29, 1.82) is 0 Å². The fraction of sp³-hybridized carbons (Fsp3) is 0.154. The van der Waals surface area contributed by atoms with E-state index in [2.05, 4.69) is 15.2 Å². The van der Waals surface area contributed by atoms with Crippen molar-refractivity contribution in [2.24, 2.45) is 0 Å². The number of rotatable bonds is 4. The Bertz CT molecular complexity index is 663. The van der Waals surface area contributed by atoms with Gasteiger partial charge in [-0.25, -0.2) is 4.98 Å². The summed E-state index contributed by atoms with van der Waals surface area (Å²) in [7, 11) is 0. The van der Waals surface area contributed by atoms with Crippen LogP contribution in [0.5, 0.6) is 0 Å². The van der Waals surface area contributed by atoms with Gasteiger partial charge in [0.1, 0.15) is 5.01 Å². The van der Waals surface area contributed by atoms with Crippen LogP contribution in [0, 0.1) is 6.92 Å². The van der Waals surface area contributed by atoms with E-state index in [0.29, 0.717) is 11.6 Å². The first-order chi connectivity index (χ1) is 9.31. The van der Waals surface area contributed by atoms with Gasteiger partial charge in [0, 0.05) is 5.56 Å². The molecule has 2 heterocycles. The van der Waals surface area contributed by atoms with Gasteiger partial charge in [-0.3, -0.25) is 0 Å². The van der Waals surface area contributed by atoms with E-state index in [4.69, 9.17) is 4.42 Å². The number of nitrogens with zero attached hydrogens (tertiary/aromatic N) is 3. The highest BCUT2D eigenvalue weighted by Gasteiger charge is 2.08. The zero-order valence-electron chi connectivity index (χ0n) is 10.2. The molecule has 0 saturated heterocycles. The number of oxazole rings is 1. The second-order valence-electron chi connectivity index (χ2n) is 3.86. The summed E-state index contributed by atoms with van der Waals surface area (Å²) >= 11 is 3.17. The van der Waals surface area contributed by atoms with E-state index in [0.717, 1.165) is 20.7 Å². The van der Waals surface area contributed by atoms with E-state index < -0.39 is 0 Å². The molecule has 1 aromatic carbocycles. The summed E-state index contributed by atoms with van der Waals surface area (Å²) in [4.78, 5) is 4.28. The Labute approximate surface area is 118 Å². The van der Waals surface area contributed by atoms with Crippen LogP contribution >= 0.6 is 23.1 Å². The average molecular weight is 289 g/mol. The molecule has 0 bridgehead atoms. The summed E-state index contributed by atoms with van der Waals surface area (Å²) in [5.41, 5.74) is 1.04. The normalized spacial score (nSPS) is 10.8. The van der Waals surface area contributed by atoms with Gasteiger partial charge >= 0.3 is 0 Å². The first-order valence-corrected chi connectivity index (χ1v) is 7.54. The molecule has 0 fully saturated rings. The van der Waals surface area contributed by atoms with Crippen LogP contribution in [-0.4, -0.2) is 15.2 Å². The quantitative estimate of drug-likeness (QED) is 0.684. The molecule has 19 heavy (non-hydrogen) atoms. The van der Waals surface area contributed by atoms with Crippen LogP contribution in [0.15, 0.2) is 45.3 Å². The number of hydrogen-bond donors (Lipinski definition) is 0. The third kappa shape index (κ3) is 3.02. The predicted molar refractivity (Wildman–Crippen MR) is 76.1 cm³/mol. The molecule has 0 saturated carbocycles. The van der Waals surface area contributed by atoms with Crippen molar-refractivity contribution in [3.63, 3.8) is 0 Å². The van der Waals surface area contributed by atoms with Crippen LogP contribution in [0.2, 0.25) is 0 Å². The van der Waals surface area contributed by atoms with E-state index in [1.165, 1.54) is 0 Å². The van der Waals surface area contributed by atoms with Crippen molar-refractivity contribution in [2.75, 3.05) is 0 Å². The monoisotopic (exact) mass is 289 g/mol. The molecule has 0 atom stereocenters. The largest absolute Gasteiger partial charge is 0.440 e. The summed E-state index contributed by atoms with van der Waals surface area (Å²) in [6.07, 6.45) is 1.76. The lowest BCUT2D eigenvalue weighted by molar-refractivity contribution is 0.530. The van der Waals surface area contributed by atoms with Crippen LogP contribution < -0.4 is 0 Å². The maximum Gasteiger partial charge on any atom is 0.205 e. The highest BCUT2D eigenvalue weighted by molar-refractivity contribution is 8.00. The second kappa shape index (κ2) is 5.54. The van der Waals surface area contributed by atoms with E-state index in [1.54, 1.807) is 29.3 Å². The van der Waals surface area contributed by atoms with Crippen LogP contribution in [0.4, 0.5) is 0 Å². The Balaban J connectivity index is 1.68. The molecule has 3 aromatic rings. The molecule has 0 unspecified atom stereocenters. The van der Waals surface area contributed by atoms with Gasteiger partial charge in [0.25, 0.3) is 0 Å². The minimum Gasteiger partial charge on any atom is -0.440 e. The first-order valence-electron chi connectivity index (χ1n) is 5.74. The SMILES string of the molecule is Cc1nnc(SCc2ncc(-c3ccccc3)o2)s1. The molecule has 2 aromatic heterocycles. The maximum atomic E-state index is 5.72. The van der Waals surface area contributed by atoms with Crippen molar-refractivity contribution in [3.8, 4) is 11.3 Å². The standard InChI is InChI=1S/C13H11N3OS2/c1-9-15-16-13(19-9)18-8-12-14-7-11(17-12)10-5-3-2-4-6-10/h2-7H,8H2,1H3. The minimum absolute atomic E-state index is 0.668. The third-order valence-electron chi connectivity index (χ3n) is 2.44. The molecule has 0 aliphatic heterocycles. The number of thioether (sulfide) groups is 1. The second-order valence-corrected chi connectivity index (χ2v) is 6.26. The minimum atomic E-state index is 0.668. The Morgan fingerprint density at radius 1 is 1.21 bits per heavy atom. The van der Waals surface area contributed by atoms with Crippen molar-refractivity contribution in [1.82, 2.24) is 15.2 Å². The van der Waals surface area contributed by atoms with E-state index in [1.807, 2.05) is 37.3 Å². The first kappa shape index (κ1) is 12.4. The van der Waals surface area contributed by atoms with Crippen LogP contribution in [0.1, 0.15) is 10.9 Å². The van der Waals surface area contributed by atoms with Gasteiger partial charge in [-0.1, -0.05) is 53.4 Å². The molecule has 3 rings (SSSR count). The molecule has 4 nitrogen and oxygen atoms in total. The van der Waals surface area contributed by atoms with Gasteiger partial charge in [0.05, 0.1) is 11.9 Å². The number of benzene rings is 1. The molecule has 0 aliphatic rings. The van der Waals surface area contributed by atoms with Gasteiger partial charge in [0.2, 0.25) is 5.89 Å². The number of aromatic nitrogens is 3. The van der Waals surface area contributed by atoms with Crippen LogP contribution in [0.3, 0.4) is 0 Å². The summed E-state index contributed by atoms with van der Waals surface area (Å²) in [5, 5.41) is 9.01. The summed E-state index contributed by atoms with van der Waals surface area (Å²) in [6, 6.07) is 9.96. The lowest BCUT2D eigenvalue weighted by atomic mass is 10.2. The highest BCUT2D eigenvalue weighted by atomic mass is 32.2. The van der Waals surface area contributed by atoms with Gasteiger partial charge in [-0.05, 0) is 6.92 Å². The van der Waals surface area contributed by atoms with Crippen LogP contribution in [-0.2, 0) is 5.75 Å². The number of hydrogen-bond acceptors (Lipinski definition) is 6. The molecular weight excluding hydrogens is 278 g/mol.